The lowest BCUT2D eigenvalue weighted by atomic mass is 10.00. The van der Waals surface area contributed by atoms with Crippen molar-refractivity contribution in [1.82, 2.24) is 0 Å². The van der Waals surface area contributed by atoms with Gasteiger partial charge in [0.15, 0.2) is 0 Å². The molecule has 0 amide bonds. The third-order valence-corrected chi connectivity index (χ3v) is 3.83. The van der Waals surface area contributed by atoms with E-state index in [-0.39, 0.29) is 5.56 Å². The van der Waals surface area contributed by atoms with Crippen molar-refractivity contribution in [2.75, 3.05) is 0 Å². The monoisotopic (exact) mass is 372 g/mol. The highest BCUT2D eigenvalue weighted by atomic mass is 19.4. The number of unbranched alkanes of at least 4 members (excludes halogenated alkanes) is 1. The first kappa shape index (κ1) is 19.9. The molecule has 26 heavy (non-hydrogen) atoms. The summed E-state index contributed by atoms with van der Waals surface area (Å²) in [5, 5.41) is 0. The third-order valence-electron chi connectivity index (χ3n) is 3.83. The van der Waals surface area contributed by atoms with Crippen molar-refractivity contribution >= 4 is 5.97 Å². The van der Waals surface area contributed by atoms with Crippen LogP contribution in [0.4, 0.5) is 22.0 Å². The lowest BCUT2D eigenvalue weighted by molar-refractivity contribution is -0.201. The van der Waals surface area contributed by atoms with Gasteiger partial charge in [-0.1, -0.05) is 37.6 Å². The quantitative estimate of drug-likeness (QED) is 0.489. The Bertz CT molecular complexity index is 743. The van der Waals surface area contributed by atoms with E-state index in [2.05, 4.69) is 11.7 Å². The van der Waals surface area contributed by atoms with E-state index >= 15 is 0 Å². The van der Waals surface area contributed by atoms with Crippen molar-refractivity contribution in [3.8, 4) is 11.1 Å². The maximum atomic E-state index is 14.1. The molecule has 0 aliphatic heterocycles. The van der Waals surface area contributed by atoms with Gasteiger partial charge in [-0.3, -0.25) is 0 Å². The van der Waals surface area contributed by atoms with Crippen LogP contribution in [0.2, 0.25) is 0 Å². The Morgan fingerprint density at radius 1 is 1.00 bits per heavy atom. The molecular formula is C19H17F5O2. The first-order chi connectivity index (χ1) is 12.2. The van der Waals surface area contributed by atoms with Crippen LogP contribution < -0.4 is 0 Å². The fourth-order valence-electron chi connectivity index (χ4n) is 2.37. The van der Waals surface area contributed by atoms with Gasteiger partial charge in [-0.05, 0) is 41.7 Å². The van der Waals surface area contributed by atoms with Crippen molar-refractivity contribution < 1.29 is 31.5 Å². The molecule has 0 radical (unpaired) electrons. The van der Waals surface area contributed by atoms with E-state index in [1.165, 1.54) is 0 Å². The van der Waals surface area contributed by atoms with Crippen molar-refractivity contribution in [3.05, 3.63) is 59.2 Å². The maximum absolute atomic E-state index is 14.1. The van der Waals surface area contributed by atoms with Crippen LogP contribution >= 0.6 is 0 Å². The largest absolute Gasteiger partial charge is 0.490 e. The molecule has 0 atom stereocenters. The van der Waals surface area contributed by atoms with E-state index in [0.29, 0.717) is 5.56 Å². The van der Waals surface area contributed by atoms with Gasteiger partial charge < -0.3 is 4.74 Å². The van der Waals surface area contributed by atoms with Gasteiger partial charge in [0, 0.05) is 0 Å². The van der Waals surface area contributed by atoms with Gasteiger partial charge in [0.1, 0.15) is 18.2 Å². The van der Waals surface area contributed by atoms with Gasteiger partial charge in [-0.2, -0.15) is 13.2 Å². The standard InChI is InChI=1S/C19H17F5O2/c1-2-3-4-12-5-7-13(8-6-12)14-9-16(20)15(17(21)10-14)11-26-18(25)19(22,23)24/h5-10H,2-4,11H2,1H3. The number of aryl methyl sites for hydroxylation is 1. The molecule has 2 rings (SSSR count). The zero-order valence-electron chi connectivity index (χ0n) is 14.0. The minimum Gasteiger partial charge on any atom is -0.454 e. The lowest BCUT2D eigenvalue weighted by Gasteiger charge is -2.11. The smallest absolute Gasteiger partial charge is 0.454 e. The average Bonchev–Trinajstić information content (AvgIpc) is 2.58. The lowest BCUT2D eigenvalue weighted by Crippen LogP contribution is -2.25. The van der Waals surface area contributed by atoms with Crippen molar-refractivity contribution in [1.29, 1.82) is 0 Å². The maximum Gasteiger partial charge on any atom is 0.490 e. The Kier molecular flexibility index (Phi) is 6.34. The van der Waals surface area contributed by atoms with Crippen molar-refractivity contribution in [2.45, 2.75) is 39.0 Å². The Morgan fingerprint density at radius 3 is 2.08 bits per heavy atom. The number of carbonyl (C=O) groups excluding carboxylic acids is 1. The van der Waals surface area contributed by atoms with Crippen LogP contribution in [0.3, 0.4) is 0 Å². The molecule has 2 nitrogen and oxygen atoms in total. The molecule has 7 heteroatoms. The predicted octanol–water partition coefficient (Wildman–Crippen LogP) is 5.58. The summed E-state index contributed by atoms with van der Waals surface area (Å²) < 4.78 is 68.3. The van der Waals surface area contributed by atoms with Gasteiger partial charge in [-0.15, -0.1) is 0 Å². The first-order valence-corrected chi connectivity index (χ1v) is 8.03. The molecule has 2 aromatic carbocycles. The van der Waals surface area contributed by atoms with Crippen molar-refractivity contribution in [2.24, 2.45) is 0 Å². The summed E-state index contributed by atoms with van der Waals surface area (Å²) in [4.78, 5) is 10.7. The highest BCUT2D eigenvalue weighted by Gasteiger charge is 2.41. The molecular weight excluding hydrogens is 355 g/mol. The molecule has 0 aromatic heterocycles. The number of ether oxygens (including phenoxy) is 1. The zero-order chi connectivity index (χ0) is 19.3. The minimum absolute atomic E-state index is 0.243. The van der Waals surface area contributed by atoms with Crippen LogP contribution in [0.25, 0.3) is 11.1 Å². The van der Waals surface area contributed by atoms with Gasteiger partial charge in [-0.25, -0.2) is 13.6 Å². The van der Waals surface area contributed by atoms with Crippen LogP contribution in [0.1, 0.15) is 30.9 Å². The summed E-state index contributed by atoms with van der Waals surface area (Å²) in [5.74, 6) is -4.65. The minimum atomic E-state index is -5.22. The number of alkyl halides is 3. The van der Waals surface area contributed by atoms with Gasteiger partial charge >= 0.3 is 12.1 Å². The van der Waals surface area contributed by atoms with E-state index in [4.69, 9.17) is 0 Å². The normalized spacial score (nSPS) is 11.5. The number of hydrogen-bond donors (Lipinski definition) is 0. The summed E-state index contributed by atoms with van der Waals surface area (Å²) in [6.07, 6.45) is -2.22. The van der Waals surface area contributed by atoms with Crippen LogP contribution in [0, 0.1) is 11.6 Å². The van der Waals surface area contributed by atoms with Gasteiger partial charge in [0.25, 0.3) is 0 Å². The molecule has 0 aliphatic rings. The zero-order valence-corrected chi connectivity index (χ0v) is 14.0. The Morgan fingerprint density at radius 2 is 1.58 bits per heavy atom. The van der Waals surface area contributed by atoms with E-state index in [1.54, 1.807) is 12.1 Å². The highest BCUT2D eigenvalue weighted by Crippen LogP contribution is 2.26. The molecule has 0 fully saturated rings. The fourth-order valence-corrected chi connectivity index (χ4v) is 2.37. The third kappa shape index (κ3) is 5.03. The van der Waals surface area contributed by atoms with E-state index < -0.39 is 36.0 Å². The van der Waals surface area contributed by atoms with E-state index in [1.807, 2.05) is 12.1 Å². The topological polar surface area (TPSA) is 26.3 Å². The number of halogens is 5. The number of benzene rings is 2. The number of esters is 1. The molecule has 0 aliphatic carbocycles. The van der Waals surface area contributed by atoms with Crippen molar-refractivity contribution in [3.63, 3.8) is 0 Å². The summed E-state index contributed by atoms with van der Waals surface area (Å²) in [7, 11) is 0. The number of hydrogen-bond acceptors (Lipinski definition) is 2. The molecule has 0 unspecified atom stereocenters. The second kappa shape index (κ2) is 8.29. The van der Waals surface area contributed by atoms with E-state index in [0.717, 1.165) is 37.0 Å². The van der Waals surface area contributed by atoms with Crippen LogP contribution in [-0.2, 0) is 22.6 Å². The molecule has 0 heterocycles. The summed E-state index contributed by atoms with van der Waals surface area (Å²) in [6.45, 7) is 0.944. The van der Waals surface area contributed by atoms with Gasteiger partial charge in [0.2, 0.25) is 0 Å². The van der Waals surface area contributed by atoms with Gasteiger partial charge in [0.05, 0.1) is 5.56 Å². The highest BCUT2D eigenvalue weighted by molar-refractivity contribution is 5.75. The molecule has 0 spiro atoms. The SMILES string of the molecule is CCCCc1ccc(-c2cc(F)c(COC(=O)C(F)(F)F)c(F)c2)cc1. The molecule has 2 aromatic rings. The second-order valence-corrected chi connectivity index (χ2v) is 5.79. The number of carbonyl (C=O) groups is 1. The fraction of sp³-hybridized carbons (Fsp3) is 0.316. The Hall–Kier alpha value is -2.44. The summed E-state index contributed by atoms with van der Waals surface area (Å²) in [6, 6.07) is 9.17. The first-order valence-electron chi connectivity index (χ1n) is 8.03. The molecule has 0 bridgehead atoms. The summed E-state index contributed by atoms with van der Waals surface area (Å²) >= 11 is 0. The van der Waals surface area contributed by atoms with Crippen LogP contribution in [0.15, 0.2) is 36.4 Å². The Labute approximate surface area is 147 Å². The second-order valence-electron chi connectivity index (χ2n) is 5.79. The van der Waals surface area contributed by atoms with Crippen LogP contribution in [0.5, 0.6) is 0 Å². The summed E-state index contributed by atoms with van der Waals surface area (Å²) in [5.41, 5.74) is 1.19. The number of rotatable bonds is 6. The molecule has 140 valence electrons. The molecule has 0 saturated heterocycles. The molecule has 0 N–H and O–H groups in total. The Balaban J connectivity index is 2.17. The average molecular weight is 372 g/mol. The predicted molar refractivity (Wildman–Crippen MR) is 86.3 cm³/mol. The molecule has 0 saturated carbocycles. The van der Waals surface area contributed by atoms with E-state index in [9.17, 15) is 26.7 Å². The van der Waals surface area contributed by atoms with Crippen LogP contribution in [-0.4, -0.2) is 12.1 Å².